The first-order valence-corrected chi connectivity index (χ1v) is 5.00. The van der Waals surface area contributed by atoms with Crippen molar-refractivity contribution >= 4 is 18.2 Å². The lowest BCUT2D eigenvalue weighted by molar-refractivity contribution is -0.142. The van der Waals surface area contributed by atoms with Gasteiger partial charge in [-0.05, 0) is 12.1 Å². The number of rotatable bonds is 5. The van der Waals surface area contributed by atoms with E-state index in [0.717, 1.165) is 0 Å². The molecule has 7 heteroatoms. The highest BCUT2D eigenvalue weighted by molar-refractivity contribution is 5.84. The molecule has 0 aromatic heterocycles. The molecule has 0 atom stereocenters. The largest absolute Gasteiger partial charge is 0.481 e. The minimum absolute atomic E-state index is 0.204. The summed E-state index contributed by atoms with van der Waals surface area (Å²) in [5.74, 6) is -0.0464. The van der Waals surface area contributed by atoms with E-state index in [1.165, 1.54) is 13.3 Å². The Labute approximate surface area is 104 Å². The third kappa shape index (κ3) is 4.52. The highest BCUT2D eigenvalue weighted by Crippen LogP contribution is 2.15. The highest BCUT2D eigenvalue weighted by atomic mass is 16.6. The lowest BCUT2D eigenvalue weighted by Crippen LogP contribution is -2.24. The van der Waals surface area contributed by atoms with Crippen LogP contribution in [0.4, 0.5) is 4.79 Å². The van der Waals surface area contributed by atoms with E-state index in [4.69, 9.17) is 10.5 Å². The molecular formula is C11H13N3O4. The Morgan fingerprint density at radius 3 is 2.83 bits per heavy atom. The second-order valence-electron chi connectivity index (χ2n) is 3.14. The number of carbonyl (C=O) groups is 2. The number of carbonyl (C=O) groups excluding carboxylic acids is 2. The Hall–Kier alpha value is -2.57. The number of amides is 2. The van der Waals surface area contributed by atoms with Crippen molar-refractivity contribution in [1.29, 1.82) is 0 Å². The topological polar surface area (TPSA) is 103 Å². The maximum atomic E-state index is 10.9. The minimum atomic E-state index is -0.765. The number of hydrogen-bond acceptors (Lipinski definition) is 5. The van der Waals surface area contributed by atoms with Gasteiger partial charge in [0.1, 0.15) is 5.75 Å². The van der Waals surface area contributed by atoms with Crippen LogP contribution in [-0.2, 0) is 9.53 Å². The standard InChI is InChI=1S/C11H13N3O4/c1-17-10(15)7-18-9-5-3-2-4-8(9)6-13-14-11(12)16/h2-6H,7H2,1H3,(H3,12,14,16)/b13-6-. The summed E-state index contributed by atoms with van der Waals surface area (Å²) >= 11 is 0. The lowest BCUT2D eigenvalue weighted by atomic mass is 10.2. The van der Waals surface area contributed by atoms with Gasteiger partial charge in [0.05, 0.1) is 13.3 Å². The van der Waals surface area contributed by atoms with Crippen LogP contribution in [0, 0.1) is 0 Å². The van der Waals surface area contributed by atoms with Crippen LogP contribution in [0.25, 0.3) is 0 Å². The Balaban J connectivity index is 2.70. The number of hydrazone groups is 1. The number of nitrogens with zero attached hydrogens (tertiary/aromatic N) is 1. The molecule has 3 N–H and O–H groups in total. The number of ether oxygens (including phenoxy) is 2. The first kappa shape index (κ1) is 13.5. The molecule has 0 saturated heterocycles. The maximum absolute atomic E-state index is 10.9. The highest BCUT2D eigenvalue weighted by Gasteiger charge is 2.04. The number of primary amides is 1. The van der Waals surface area contributed by atoms with Crippen LogP contribution in [-0.4, -0.2) is 31.9 Å². The van der Waals surface area contributed by atoms with Crippen LogP contribution in [0.1, 0.15) is 5.56 Å². The molecule has 0 aliphatic rings. The van der Waals surface area contributed by atoms with Gasteiger partial charge in [-0.15, -0.1) is 0 Å². The molecule has 96 valence electrons. The Morgan fingerprint density at radius 1 is 1.44 bits per heavy atom. The van der Waals surface area contributed by atoms with Gasteiger partial charge in [0.15, 0.2) is 6.61 Å². The van der Waals surface area contributed by atoms with Gasteiger partial charge in [-0.1, -0.05) is 12.1 Å². The van der Waals surface area contributed by atoms with E-state index < -0.39 is 12.0 Å². The van der Waals surface area contributed by atoms with E-state index in [1.807, 2.05) is 0 Å². The fraction of sp³-hybridized carbons (Fsp3) is 0.182. The monoisotopic (exact) mass is 251 g/mol. The van der Waals surface area contributed by atoms with Crippen LogP contribution in [0.15, 0.2) is 29.4 Å². The van der Waals surface area contributed by atoms with Crippen LogP contribution in [0.5, 0.6) is 5.75 Å². The molecule has 0 spiro atoms. The number of esters is 1. The lowest BCUT2D eigenvalue weighted by Gasteiger charge is -2.07. The molecule has 1 aromatic rings. The second-order valence-corrected chi connectivity index (χ2v) is 3.14. The molecule has 1 aromatic carbocycles. The zero-order chi connectivity index (χ0) is 13.4. The zero-order valence-corrected chi connectivity index (χ0v) is 9.75. The van der Waals surface area contributed by atoms with Crippen molar-refractivity contribution in [3.05, 3.63) is 29.8 Å². The average molecular weight is 251 g/mol. The molecule has 0 saturated carbocycles. The zero-order valence-electron chi connectivity index (χ0n) is 9.75. The van der Waals surface area contributed by atoms with Crippen molar-refractivity contribution in [2.75, 3.05) is 13.7 Å². The summed E-state index contributed by atoms with van der Waals surface area (Å²) in [6, 6.07) is 6.11. The fourth-order valence-corrected chi connectivity index (χ4v) is 1.08. The Kier molecular flexibility index (Phi) is 5.17. The van der Waals surface area contributed by atoms with E-state index >= 15 is 0 Å². The molecule has 1 rings (SSSR count). The van der Waals surface area contributed by atoms with Crippen LogP contribution in [0.2, 0.25) is 0 Å². The van der Waals surface area contributed by atoms with E-state index in [9.17, 15) is 9.59 Å². The normalized spacial score (nSPS) is 10.1. The van der Waals surface area contributed by atoms with Gasteiger partial charge in [0, 0.05) is 5.56 Å². The van der Waals surface area contributed by atoms with Crippen molar-refractivity contribution in [2.45, 2.75) is 0 Å². The van der Waals surface area contributed by atoms with Gasteiger partial charge in [-0.25, -0.2) is 15.0 Å². The van der Waals surface area contributed by atoms with Crippen LogP contribution in [0.3, 0.4) is 0 Å². The van der Waals surface area contributed by atoms with E-state index in [2.05, 4.69) is 15.3 Å². The molecule has 0 radical (unpaired) electrons. The number of methoxy groups -OCH3 is 1. The molecule has 7 nitrogen and oxygen atoms in total. The fourth-order valence-electron chi connectivity index (χ4n) is 1.08. The molecule has 2 amide bonds. The van der Waals surface area contributed by atoms with E-state index in [1.54, 1.807) is 24.3 Å². The number of nitrogens with one attached hydrogen (secondary N) is 1. The van der Waals surface area contributed by atoms with Crippen LogP contribution < -0.4 is 15.9 Å². The van der Waals surface area contributed by atoms with Crippen molar-refractivity contribution in [2.24, 2.45) is 10.8 Å². The van der Waals surface area contributed by atoms with Gasteiger partial charge in [0.2, 0.25) is 0 Å². The molecule has 0 aliphatic heterocycles. The van der Waals surface area contributed by atoms with Gasteiger partial charge < -0.3 is 15.2 Å². The molecule has 0 aliphatic carbocycles. The van der Waals surface area contributed by atoms with Gasteiger partial charge >= 0.3 is 12.0 Å². The summed E-state index contributed by atoms with van der Waals surface area (Å²) in [7, 11) is 1.27. The first-order valence-electron chi connectivity index (χ1n) is 5.00. The van der Waals surface area contributed by atoms with Gasteiger partial charge in [0.25, 0.3) is 0 Å². The number of hydrogen-bond donors (Lipinski definition) is 2. The number of para-hydroxylation sites is 1. The second kappa shape index (κ2) is 6.89. The third-order valence-corrected chi connectivity index (χ3v) is 1.87. The SMILES string of the molecule is COC(=O)COc1ccccc1/C=N\NC(N)=O. The van der Waals surface area contributed by atoms with Crippen molar-refractivity contribution in [3.63, 3.8) is 0 Å². The minimum Gasteiger partial charge on any atom is -0.481 e. The summed E-state index contributed by atoms with van der Waals surface area (Å²) < 4.78 is 9.69. The summed E-state index contributed by atoms with van der Waals surface area (Å²) in [5, 5.41) is 3.60. The number of nitrogens with two attached hydrogens (primary N) is 1. The maximum Gasteiger partial charge on any atom is 0.343 e. The molecule has 18 heavy (non-hydrogen) atoms. The van der Waals surface area contributed by atoms with Crippen LogP contribution >= 0.6 is 0 Å². The average Bonchev–Trinajstić information content (AvgIpc) is 2.36. The Morgan fingerprint density at radius 2 is 2.17 bits per heavy atom. The summed E-state index contributed by atoms with van der Waals surface area (Å²) in [5.41, 5.74) is 7.51. The first-order chi connectivity index (χ1) is 8.63. The molecule has 0 bridgehead atoms. The quantitative estimate of drug-likeness (QED) is 0.444. The predicted octanol–water partition coefficient (Wildman–Crippen LogP) is 0.241. The van der Waals surface area contributed by atoms with Crippen molar-refractivity contribution in [3.8, 4) is 5.75 Å². The third-order valence-electron chi connectivity index (χ3n) is 1.87. The number of urea groups is 1. The molecule has 0 unspecified atom stereocenters. The van der Waals surface area contributed by atoms with Crippen molar-refractivity contribution in [1.82, 2.24) is 5.43 Å². The van der Waals surface area contributed by atoms with E-state index in [0.29, 0.717) is 11.3 Å². The predicted molar refractivity (Wildman–Crippen MR) is 64.3 cm³/mol. The summed E-state index contributed by atoms with van der Waals surface area (Å²) in [6.07, 6.45) is 1.36. The Bertz CT molecular complexity index is 459. The molecule has 0 fully saturated rings. The summed E-state index contributed by atoms with van der Waals surface area (Å²) in [4.78, 5) is 21.4. The molecular weight excluding hydrogens is 238 g/mol. The van der Waals surface area contributed by atoms with E-state index in [-0.39, 0.29) is 6.61 Å². The van der Waals surface area contributed by atoms with Crippen molar-refractivity contribution < 1.29 is 19.1 Å². The molecule has 0 heterocycles. The van der Waals surface area contributed by atoms with Gasteiger partial charge in [-0.3, -0.25) is 0 Å². The summed E-state index contributed by atoms with van der Waals surface area (Å²) in [6.45, 7) is -0.204. The number of benzene rings is 1. The van der Waals surface area contributed by atoms with Gasteiger partial charge in [-0.2, -0.15) is 5.10 Å². The smallest absolute Gasteiger partial charge is 0.343 e.